The Morgan fingerprint density at radius 2 is 1.80 bits per heavy atom. The Morgan fingerprint density at radius 1 is 1.03 bits per heavy atom. The number of anilines is 1. The average Bonchev–Trinajstić information content (AvgIpc) is 3.28. The van der Waals surface area contributed by atoms with Gasteiger partial charge >= 0.3 is 6.03 Å². The molecule has 1 fully saturated rings. The average molecular weight is 472 g/mol. The third-order valence-corrected chi connectivity index (χ3v) is 6.18. The lowest BCUT2D eigenvalue weighted by Gasteiger charge is -2.26. The first-order valence-corrected chi connectivity index (χ1v) is 11.7. The van der Waals surface area contributed by atoms with E-state index in [9.17, 15) is 14.4 Å². The van der Waals surface area contributed by atoms with Crippen molar-refractivity contribution < 1.29 is 19.1 Å². The number of aromatic nitrogens is 1. The van der Waals surface area contributed by atoms with Crippen molar-refractivity contribution in [3.8, 4) is 5.75 Å². The maximum Gasteiger partial charge on any atom is 0.335 e. The highest BCUT2D eigenvalue weighted by Gasteiger charge is 2.37. The second-order valence-corrected chi connectivity index (χ2v) is 8.65. The number of urea groups is 1. The van der Waals surface area contributed by atoms with Crippen LogP contribution < -0.4 is 15.0 Å². The van der Waals surface area contributed by atoms with E-state index in [1.807, 2.05) is 66.2 Å². The molecule has 0 bridgehead atoms. The van der Waals surface area contributed by atoms with E-state index in [2.05, 4.69) is 19.2 Å². The normalized spacial score (nSPS) is 15.9. The standard InChI is InChI=1S/C28H29N3O4/c1-4-20(3)21-10-12-22(13-11-21)31-27(33)25(26(32)29-28(31)34)18-23-8-6-14-30(23)15-16-35-24-9-5-7-19(2)17-24/h5-14,17-18,20H,4,15-16H2,1-3H3,(H,29,32,34)/b25-18+/t20-/m0/s1. The maximum atomic E-state index is 13.2. The second-order valence-electron chi connectivity index (χ2n) is 8.65. The quantitative estimate of drug-likeness (QED) is 0.368. The van der Waals surface area contributed by atoms with Gasteiger partial charge in [0, 0.05) is 11.9 Å². The van der Waals surface area contributed by atoms with E-state index in [0.717, 1.165) is 28.2 Å². The molecular weight excluding hydrogens is 442 g/mol. The zero-order valence-electron chi connectivity index (χ0n) is 20.2. The molecule has 1 aliphatic heterocycles. The van der Waals surface area contributed by atoms with Gasteiger partial charge in [-0.05, 0) is 72.9 Å². The van der Waals surface area contributed by atoms with Gasteiger partial charge in [0.25, 0.3) is 11.8 Å². The van der Waals surface area contributed by atoms with Crippen LogP contribution in [-0.4, -0.2) is 29.0 Å². The smallest absolute Gasteiger partial charge is 0.335 e. The third-order valence-electron chi connectivity index (χ3n) is 6.18. The van der Waals surface area contributed by atoms with Crippen LogP contribution in [0.3, 0.4) is 0 Å². The molecule has 1 N–H and O–H groups in total. The summed E-state index contributed by atoms with van der Waals surface area (Å²) in [7, 11) is 0. The first-order chi connectivity index (χ1) is 16.9. The minimum absolute atomic E-state index is 0.102. The van der Waals surface area contributed by atoms with Crippen molar-refractivity contribution in [2.24, 2.45) is 0 Å². The van der Waals surface area contributed by atoms with Crippen LogP contribution in [0.4, 0.5) is 10.5 Å². The van der Waals surface area contributed by atoms with Crippen LogP contribution in [0, 0.1) is 6.92 Å². The van der Waals surface area contributed by atoms with Crippen molar-refractivity contribution in [3.63, 3.8) is 0 Å². The minimum atomic E-state index is -0.754. The van der Waals surface area contributed by atoms with E-state index in [1.165, 1.54) is 6.08 Å². The molecule has 2 heterocycles. The third kappa shape index (κ3) is 5.35. The summed E-state index contributed by atoms with van der Waals surface area (Å²) in [4.78, 5) is 39.3. The fraction of sp³-hybridized carbons (Fsp3) is 0.250. The molecule has 7 nitrogen and oxygen atoms in total. The number of ether oxygens (including phenoxy) is 1. The number of carbonyl (C=O) groups excluding carboxylic acids is 3. The molecule has 2 aromatic carbocycles. The molecule has 1 aliphatic rings. The summed E-state index contributed by atoms with van der Waals surface area (Å²) in [6.45, 7) is 7.17. The maximum absolute atomic E-state index is 13.2. The van der Waals surface area contributed by atoms with Crippen LogP contribution in [-0.2, 0) is 16.1 Å². The number of nitrogens with one attached hydrogen (secondary N) is 1. The van der Waals surface area contributed by atoms with Gasteiger partial charge in [0.15, 0.2) is 0 Å². The predicted molar refractivity (Wildman–Crippen MR) is 135 cm³/mol. The van der Waals surface area contributed by atoms with Crippen molar-refractivity contribution in [2.45, 2.75) is 39.7 Å². The van der Waals surface area contributed by atoms with Crippen molar-refractivity contribution in [2.75, 3.05) is 11.5 Å². The molecule has 4 amide bonds. The summed E-state index contributed by atoms with van der Waals surface area (Å²) in [6.07, 6.45) is 4.35. The number of hydrogen-bond acceptors (Lipinski definition) is 4. The topological polar surface area (TPSA) is 80.6 Å². The lowest BCUT2D eigenvalue weighted by molar-refractivity contribution is -0.122. The Hall–Kier alpha value is -4.13. The fourth-order valence-electron chi connectivity index (χ4n) is 3.96. The lowest BCUT2D eigenvalue weighted by atomic mass is 9.98. The Balaban J connectivity index is 1.52. The van der Waals surface area contributed by atoms with Crippen molar-refractivity contribution in [1.82, 2.24) is 9.88 Å². The zero-order valence-corrected chi connectivity index (χ0v) is 20.2. The number of barbiturate groups is 1. The Bertz CT molecular complexity index is 1270. The van der Waals surface area contributed by atoms with Gasteiger partial charge in [0.2, 0.25) is 0 Å². The summed E-state index contributed by atoms with van der Waals surface area (Å²) in [5, 5.41) is 2.28. The molecule has 0 saturated carbocycles. The van der Waals surface area contributed by atoms with Gasteiger partial charge < -0.3 is 9.30 Å². The largest absolute Gasteiger partial charge is 0.492 e. The van der Waals surface area contributed by atoms with E-state index in [-0.39, 0.29) is 5.57 Å². The lowest BCUT2D eigenvalue weighted by Crippen LogP contribution is -2.54. The molecule has 0 unspecified atom stereocenters. The van der Waals surface area contributed by atoms with Crippen LogP contribution in [0.1, 0.15) is 43.0 Å². The molecule has 1 atom stereocenters. The first-order valence-electron chi connectivity index (χ1n) is 11.7. The summed E-state index contributed by atoms with van der Waals surface area (Å²) in [6, 6.07) is 18.0. The van der Waals surface area contributed by atoms with Crippen LogP contribution in [0.5, 0.6) is 5.75 Å². The van der Waals surface area contributed by atoms with Crippen LogP contribution in [0.2, 0.25) is 0 Å². The highest BCUT2D eigenvalue weighted by Crippen LogP contribution is 2.25. The van der Waals surface area contributed by atoms with Gasteiger partial charge in [0.05, 0.1) is 12.2 Å². The SMILES string of the molecule is CC[C@H](C)c1ccc(N2C(=O)NC(=O)/C(=C\c3cccn3CCOc3cccc(C)c3)C2=O)cc1. The van der Waals surface area contributed by atoms with Gasteiger partial charge in [-0.2, -0.15) is 0 Å². The highest BCUT2D eigenvalue weighted by atomic mass is 16.5. The number of hydrogen-bond donors (Lipinski definition) is 1. The Morgan fingerprint density at radius 3 is 2.51 bits per heavy atom. The summed E-state index contributed by atoms with van der Waals surface area (Å²) < 4.78 is 7.72. The van der Waals surface area contributed by atoms with E-state index >= 15 is 0 Å². The molecular formula is C28H29N3O4. The number of aryl methyl sites for hydroxylation is 1. The van der Waals surface area contributed by atoms with Crippen LogP contribution >= 0.6 is 0 Å². The molecule has 180 valence electrons. The molecule has 4 rings (SSSR count). The van der Waals surface area contributed by atoms with E-state index < -0.39 is 17.8 Å². The number of rotatable bonds is 8. The molecule has 0 spiro atoms. The van der Waals surface area contributed by atoms with Crippen LogP contribution in [0.25, 0.3) is 6.08 Å². The van der Waals surface area contributed by atoms with E-state index in [0.29, 0.717) is 30.5 Å². The fourth-order valence-corrected chi connectivity index (χ4v) is 3.96. The highest BCUT2D eigenvalue weighted by molar-refractivity contribution is 6.39. The first kappa shape index (κ1) is 24.0. The zero-order chi connectivity index (χ0) is 24.9. The molecule has 35 heavy (non-hydrogen) atoms. The van der Waals surface area contributed by atoms with Crippen molar-refractivity contribution in [1.29, 1.82) is 0 Å². The van der Waals surface area contributed by atoms with Crippen molar-refractivity contribution in [3.05, 3.63) is 89.3 Å². The summed E-state index contributed by atoms with van der Waals surface area (Å²) in [5.74, 6) is -0.211. The van der Waals surface area contributed by atoms with Gasteiger partial charge in [-0.1, -0.05) is 38.1 Å². The van der Waals surface area contributed by atoms with E-state index in [4.69, 9.17) is 4.74 Å². The molecule has 0 radical (unpaired) electrons. The molecule has 7 heteroatoms. The monoisotopic (exact) mass is 471 g/mol. The number of amides is 4. The summed E-state index contributed by atoms with van der Waals surface area (Å²) in [5.41, 5.74) is 3.22. The van der Waals surface area contributed by atoms with Crippen molar-refractivity contribution >= 4 is 29.6 Å². The van der Waals surface area contributed by atoms with Gasteiger partial charge in [0.1, 0.15) is 17.9 Å². The minimum Gasteiger partial charge on any atom is -0.492 e. The number of nitrogens with zero attached hydrogens (tertiary/aromatic N) is 2. The number of carbonyl (C=O) groups is 3. The molecule has 1 aromatic heterocycles. The number of imide groups is 2. The van der Waals surface area contributed by atoms with Crippen LogP contribution in [0.15, 0.2) is 72.4 Å². The van der Waals surface area contributed by atoms with E-state index in [1.54, 1.807) is 12.1 Å². The molecule has 1 saturated heterocycles. The summed E-state index contributed by atoms with van der Waals surface area (Å²) >= 11 is 0. The molecule has 0 aliphatic carbocycles. The number of benzene rings is 2. The second kappa shape index (κ2) is 10.4. The Labute approximate surface area is 205 Å². The Kier molecular flexibility index (Phi) is 7.15. The predicted octanol–water partition coefficient (Wildman–Crippen LogP) is 5.06. The van der Waals surface area contributed by atoms with Gasteiger partial charge in [-0.3, -0.25) is 14.9 Å². The van der Waals surface area contributed by atoms with Gasteiger partial charge in [-0.25, -0.2) is 9.69 Å². The molecule has 3 aromatic rings. The van der Waals surface area contributed by atoms with Gasteiger partial charge in [-0.15, -0.1) is 0 Å².